The van der Waals surface area contributed by atoms with E-state index in [0.717, 1.165) is 18.4 Å². The Morgan fingerprint density at radius 3 is 2.41 bits per heavy atom. The molecule has 172 valence electrons. The largest absolute Gasteiger partial charge is 0.444 e. The number of amides is 3. The molecule has 0 unspecified atom stereocenters. The van der Waals surface area contributed by atoms with Crippen LogP contribution in [0, 0.1) is 17.2 Å². The first-order valence-electron chi connectivity index (χ1n) is 11.2. The Morgan fingerprint density at radius 2 is 1.81 bits per heavy atom. The van der Waals surface area contributed by atoms with E-state index in [2.05, 4.69) is 11.4 Å². The van der Waals surface area contributed by atoms with Crippen molar-refractivity contribution >= 4 is 17.9 Å². The normalized spacial score (nSPS) is 19.6. The number of nitrogens with zero attached hydrogens (tertiary/aromatic N) is 3. The van der Waals surface area contributed by atoms with E-state index in [-0.39, 0.29) is 11.8 Å². The highest BCUT2D eigenvalue weighted by Gasteiger charge is 2.39. The van der Waals surface area contributed by atoms with Crippen LogP contribution in [-0.2, 0) is 20.9 Å². The van der Waals surface area contributed by atoms with Gasteiger partial charge in [-0.15, -0.1) is 0 Å². The zero-order valence-electron chi connectivity index (χ0n) is 19.1. The van der Waals surface area contributed by atoms with E-state index < -0.39 is 17.7 Å². The Morgan fingerprint density at radius 1 is 1.16 bits per heavy atom. The van der Waals surface area contributed by atoms with Crippen molar-refractivity contribution in [2.24, 2.45) is 5.92 Å². The minimum atomic E-state index is -0.526. The van der Waals surface area contributed by atoms with Crippen LogP contribution in [0.4, 0.5) is 4.79 Å². The van der Waals surface area contributed by atoms with Crippen molar-refractivity contribution in [1.29, 1.82) is 5.26 Å². The molecule has 2 heterocycles. The number of hydrogen-bond acceptors (Lipinski definition) is 5. The van der Waals surface area contributed by atoms with Crippen LogP contribution in [0.15, 0.2) is 24.3 Å². The van der Waals surface area contributed by atoms with Gasteiger partial charge in [0, 0.05) is 32.6 Å². The number of benzene rings is 1. The van der Waals surface area contributed by atoms with Crippen molar-refractivity contribution in [2.45, 2.75) is 64.6 Å². The molecule has 3 amide bonds. The number of likely N-dealkylation sites (tertiary alicyclic amines) is 2. The molecule has 2 aliphatic rings. The average Bonchev–Trinajstić information content (AvgIpc) is 3.11. The van der Waals surface area contributed by atoms with Crippen molar-refractivity contribution in [3.05, 3.63) is 35.4 Å². The summed E-state index contributed by atoms with van der Waals surface area (Å²) >= 11 is 0. The van der Waals surface area contributed by atoms with Gasteiger partial charge in [-0.2, -0.15) is 5.26 Å². The first-order chi connectivity index (χ1) is 15.2. The van der Waals surface area contributed by atoms with Crippen molar-refractivity contribution in [1.82, 2.24) is 15.1 Å². The lowest BCUT2D eigenvalue weighted by Gasteiger charge is -2.35. The van der Waals surface area contributed by atoms with Crippen LogP contribution in [0.25, 0.3) is 0 Å². The second kappa shape index (κ2) is 10.0. The quantitative estimate of drug-likeness (QED) is 0.758. The van der Waals surface area contributed by atoms with Gasteiger partial charge in [0.25, 0.3) is 0 Å². The SMILES string of the molecule is CC(C)(C)OC(=O)NCC1CCN(C(=O)[C@@H]2CCC(=O)N2Cc2ccc(C#N)cc2)CC1. The molecule has 1 atom stereocenters. The molecule has 3 rings (SSSR count). The van der Waals surface area contributed by atoms with E-state index in [9.17, 15) is 14.4 Å². The second-order valence-corrected chi connectivity index (χ2v) is 9.54. The predicted molar refractivity (Wildman–Crippen MR) is 118 cm³/mol. The summed E-state index contributed by atoms with van der Waals surface area (Å²) < 4.78 is 5.27. The van der Waals surface area contributed by atoms with Gasteiger partial charge in [0.1, 0.15) is 11.6 Å². The number of alkyl carbamates (subject to hydrolysis) is 1. The molecule has 0 radical (unpaired) electrons. The molecule has 0 aliphatic carbocycles. The van der Waals surface area contributed by atoms with Crippen LogP contribution in [0.2, 0.25) is 0 Å². The standard InChI is InChI=1S/C24H32N4O4/c1-24(2,3)32-23(31)26-15-18-10-12-27(13-11-18)22(30)20-8-9-21(29)28(20)16-19-6-4-17(14-25)5-7-19/h4-7,18,20H,8-13,15-16H2,1-3H3,(H,26,31)/t20-/m0/s1. The van der Waals surface area contributed by atoms with Crippen LogP contribution in [0.5, 0.6) is 0 Å². The Bertz CT molecular complexity index is 877. The molecule has 1 aromatic carbocycles. The van der Waals surface area contributed by atoms with E-state index in [1.165, 1.54) is 0 Å². The zero-order valence-corrected chi connectivity index (χ0v) is 19.1. The summed E-state index contributed by atoms with van der Waals surface area (Å²) in [5.74, 6) is 0.290. The molecule has 1 N–H and O–H groups in total. The van der Waals surface area contributed by atoms with Gasteiger partial charge in [-0.05, 0) is 63.6 Å². The number of nitriles is 1. The first-order valence-corrected chi connectivity index (χ1v) is 11.2. The molecule has 0 spiro atoms. The number of hydrogen-bond donors (Lipinski definition) is 1. The van der Waals surface area contributed by atoms with E-state index in [1.807, 2.05) is 37.8 Å². The maximum Gasteiger partial charge on any atom is 0.407 e. The number of carbonyl (C=O) groups is 3. The third-order valence-corrected chi connectivity index (χ3v) is 5.91. The van der Waals surface area contributed by atoms with Crippen LogP contribution < -0.4 is 5.32 Å². The number of rotatable bonds is 5. The van der Waals surface area contributed by atoms with Gasteiger partial charge in [0.05, 0.1) is 11.6 Å². The van der Waals surface area contributed by atoms with Gasteiger partial charge in [-0.25, -0.2) is 4.79 Å². The smallest absolute Gasteiger partial charge is 0.407 e. The van der Waals surface area contributed by atoms with Crippen LogP contribution >= 0.6 is 0 Å². The van der Waals surface area contributed by atoms with Gasteiger partial charge in [0.2, 0.25) is 11.8 Å². The first kappa shape index (κ1) is 23.6. The van der Waals surface area contributed by atoms with Gasteiger partial charge in [-0.1, -0.05) is 12.1 Å². The molecule has 0 saturated carbocycles. The summed E-state index contributed by atoms with van der Waals surface area (Å²) in [5, 5.41) is 11.8. The topological polar surface area (TPSA) is 103 Å². The van der Waals surface area contributed by atoms with Gasteiger partial charge < -0.3 is 19.9 Å². The summed E-state index contributed by atoms with van der Waals surface area (Å²) in [6, 6.07) is 8.75. The molecular weight excluding hydrogens is 408 g/mol. The number of nitrogens with one attached hydrogen (secondary N) is 1. The minimum Gasteiger partial charge on any atom is -0.444 e. The Balaban J connectivity index is 1.50. The van der Waals surface area contributed by atoms with Crippen molar-refractivity contribution in [3.8, 4) is 6.07 Å². The third kappa shape index (κ3) is 6.22. The van der Waals surface area contributed by atoms with Crippen LogP contribution in [0.3, 0.4) is 0 Å². The maximum atomic E-state index is 13.2. The summed E-state index contributed by atoms with van der Waals surface area (Å²) in [6.07, 6.45) is 2.10. The summed E-state index contributed by atoms with van der Waals surface area (Å²) in [4.78, 5) is 41.0. The highest BCUT2D eigenvalue weighted by molar-refractivity contribution is 5.91. The monoisotopic (exact) mass is 440 g/mol. The fourth-order valence-corrected chi connectivity index (χ4v) is 4.18. The van der Waals surface area contributed by atoms with Crippen molar-refractivity contribution in [2.75, 3.05) is 19.6 Å². The molecule has 2 aliphatic heterocycles. The van der Waals surface area contributed by atoms with Crippen molar-refractivity contribution in [3.63, 3.8) is 0 Å². The fourth-order valence-electron chi connectivity index (χ4n) is 4.18. The van der Waals surface area contributed by atoms with Gasteiger partial charge >= 0.3 is 6.09 Å². The molecular formula is C24H32N4O4. The Hall–Kier alpha value is -3.08. The predicted octanol–water partition coefficient (Wildman–Crippen LogP) is 2.81. The number of ether oxygens (including phenoxy) is 1. The molecule has 1 aromatic rings. The molecule has 2 saturated heterocycles. The fraction of sp³-hybridized carbons (Fsp3) is 0.583. The van der Waals surface area contributed by atoms with E-state index >= 15 is 0 Å². The van der Waals surface area contributed by atoms with Crippen LogP contribution in [0.1, 0.15) is 57.6 Å². The van der Waals surface area contributed by atoms with E-state index in [4.69, 9.17) is 10.00 Å². The highest BCUT2D eigenvalue weighted by atomic mass is 16.6. The molecule has 0 aromatic heterocycles. The highest BCUT2D eigenvalue weighted by Crippen LogP contribution is 2.26. The van der Waals surface area contributed by atoms with Gasteiger partial charge in [-0.3, -0.25) is 9.59 Å². The van der Waals surface area contributed by atoms with Gasteiger partial charge in [0.15, 0.2) is 0 Å². The molecule has 0 bridgehead atoms. The zero-order chi connectivity index (χ0) is 23.3. The van der Waals surface area contributed by atoms with Crippen molar-refractivity contribution < 1.29 is 19.1 Å². The van der Waals surface area contributed by atoms with E-state index in [0.29, 0.717) is 50.5 Å². The summed E-state index contributed by atoms with van der Waals surface area (Å²) in [6.45, 7) is 7.63. The lowest BCUT2D eigenvalue weighted by atomic mass is 9.96. The maximum absolute atomic E-state index is 13.2. The number of carbonyl (C=O) groups excluding carboxylic acids is 3. The Kier molecular flexibility index (Phi) is 7.39. The second-order valence-electron chi connectivity index (χ2n) is 9.54. The lowest BCUT2D eigenvalue weighted by molar-refractivity contribution is -0.142. The molecule has 2 fully saturated rings. The molecule has 8 nitrogen and oxygen atoms in total. The average molecular weight is 441 g/mol. The molecule has 8 heteroatoms. The number of piperidine rings is 1. The minimum absolute atomic E-state index is 0.00282. The van der Waals surface area contributed by atoms with Crippen LogP contribution in [-0.4, -0.2) is 59.0 Å². The molecule has 32 heavy (non-hydrogen) atoms. The summed E-state index contributed by atoms with van der Waals surface area (Å²) in [5.41, 5.74) is 0.949. The summed E-state index contributed by atoms with van der Waals surface area (Å²) in [7, 11) is 0. The Labute approximate surface area is 189 Å². The third-order valence-electron chi connectivity index (χ3n) is 5.91. The van der Waals surface area contributed by atoms with E-state index in [1.54, 1.807) is 17.0 Å². The lowest BCUT2D eigenvalue weighted by Crippen LogP contribution is -2.49.